The molecule has 1 aliphatic rings. The number of alkyl carbamates (subject to hydrolysis) is 1. The zero-order valence-corrected chi connectivity index (χ0v) is 26.2. The maximum absolute atomic E-state index is 15.2. The van der Waals surface area contributed by atoms with E-state index in [0.717, 1.165) is 30.0 Å². The number of rotatable bonds is 10. The number of hydrogen-bond acceptors (Lipinski definition) is 6. The third-order valence-corrected chi connectivity index (χ3v) is 7.78. The van der Waals surface area contributed by atoms with Gasteiger partial charge in [0, 0.05) is 24.0 Å². The van der Waals surface area contributed by atoms with E-state index in [2.05, 4.69) is 20.7 Å². The number of hydrogen-bond donors (Lipinski definition) is 3. The summed E-state index contributed by atoms with van der Waals surface area (Å²) in [4.78, 5) is 29.9. The normalized spacial score (nSPS) is 14.7. The lowest BCUT2D eigenvalue weighted by atomic mass is 9.80. The molecule has 0 saturated heterocycles. The number of carbonyl (C=O) groups is 2. The van der Waals surface area contributed by atoms with E-state index >= 15 is 4.39 Å². The molecule has 248 valence electrons. The van der Waals surface area contributed by atoms with Gasteiger partial charge in [-0.1, -0.05) is 37.1 Å². The number of amides is 2. The topological polar surface area (TPSA) is 124 Å². The molecule has 4 aromatic rings. The molecule has 1 fully saturated rings. The molecule has 9 nitrogen and oxygen atoms in total. The fourth-order valence-electron chi connectivity index (χ4n) is 5.15. The summed E-state index contributed by atoms with van der Waals surface area (Å²) >= 11 is 0. The number of anilines is 1. The maximum Gasteiger partial charge on any atom is 0.435 e. The highest BCUT2D eigenvalue weighted by atomic mass is 19.4. The van der Waals surface area contributed by atoms with Gasteiger partial charge in [-0.2, -0.15) is 18.3 Å². The Bertz CT molecular complexity index is 1750. The minimum Gasteiger partial charge on any atom is -0.445 e. The van der Waals surface area contributed by atoms with Crippen LogP contribution < -0.4 is 16.4 Å². The first kappa shape index (κ1) is 33.6. The molecule has 1 unspecified atom stereocenters. The fourth-order valence-corrected chi connectivity index (χ4v) is 5.15. The highest BCUT2D eigenvalue weighted by Crippen LogP contribution is 2.40. The Kier molecular flexibility index (Phi) is 9.39. The fraction of sp³-hybridized carbons (Fsp3) is 0.353. The number of pyridine rings is 1. The molecule has 1 saturated carbocycles. The molecule has 2 aromatic carbocycles. The summed E-state index contributed by atoms with van der Waals surface area (Å²) in [5.41, 5.74) is 5.04. The molecule has 0 spiro atoms. The van der Waals surface area contributed by atoms with Crippen molar-refractivity contribution in [3.63, 3.8) is 0 Å². The highest BCUT2D eigenvalue weighted by molar-refractivity contribution is 6.03. The summed E-state index contributed by atoms with van der Waals surface area (Å²) in [5, 5.41) is 8.73. The van der Waals surface area contributed by atoms with Gasteiger partial charge in [0.2, 0.25) is 0 Å². The van der Waals surface area contributed by atoms with Crippen molar-refractivity contribution in [2.45, 2.75) is 70.3 Å². The largest absolute Gasteiger partial charge is 0.445 e. The third kappa shape index (κ3) is 8.33. The molecular weight excluding hydrogens is 616 g/mol. The van der Waals surface area contributed by atoms with Crippen molar-refractivity contribution >= 4 is 17.7 Å². The number of ether oxygens (including phenoxy) is 1. The van der Waals surface area contributed by atoms with Gasteiger partial charge in [0.15, 0.2) is 5.69 Å². The van der Waals surface area contributed by atoms with Crippen LogP contribution in [-0.2, 0) is 23.1 Å². The monoisotopic (exact) mass is 652 g/mol. The Morgan fingerprint density at radius 1 is 1.02 bits per heavy atom. The Morgan fingerprint density at radius 3 is 2.45 bits per heavy atom. The van der Waals surface area contributed by atoms with E-state index in [-0.39, 0.29) is 18.0 Å². The number of nitrogens with two attached hydrogens (primary N) is 1. The van der Waals surface area contributed by atoms with Gasteiger partial charge in [-0.25, -0.2) is 13.9 Å². The molecule has 0 aliphatic heterocycles. The second-order valence-corrected chi connectivity index (χ2v) is 12.8. The van der Waals surface area contributed by atoms with Gasteiger partial charge in [0.1, 0.15) is 18.1 Å². The lowest BCUT2D eigenvalue weighted by Gasteiger charge is -2.31. The average Bonchev–Trinajstić information content (AvgIpc) is 3.73. The van der Waals surface area contributed by atoms with Crippen molar-refractivity contribution < 1.29 is 31.9 Å². The molecular formula is C34H36F4N6O3. The quantitative estimate of drug-likeness (QED) is 0.157. The molecule has 1 atom stereocenters. The smallest absolute Gasteiger partial charge is 0.435 e. The summed E-state index contributed by atoms with van der Waals surface area (Å²) in [6, 6.07) is 14.3. The zero-order valence-electron chi connectivity index (χ0n) is 26.2. The molecule has 47 heavy (non-hydrogen) atoms. The first-order chi connectivity index (χ1) is 22.1. The van der Waals surface area contributed by atoms with Crippen LogP contribution in [0.1, 0.15) is 79.3 Å². The van der Waals surface area contributed by atoms with Crippen LogP contribution in [0.15, 0.2) is 73.1 Å². The van der Waals surface area contributed by atoms with Gasteiger partial charge in [0.05, 0.1) is 16.9 Å². The van der Waals surface area contributed by atoms with Crippen LogP contribution in [0.25, 0.3) is 5.69 Å². The molecule has 4 N–H and O–H groups in total. The van der Waals surface area contributed by atoms with E-state index in [0.29, 0.717) is 35.1 Å². The van der Waals surface area contributed by atoms with Gasteiger partial charge in [-0.3, -0.25) is 9.78 Å². The maximum atomic E-state index is 15.2. The zero-order chi connectivity index (χ0) is 34.0. The van der Waals surface area contributed by atoms with Gasteiger partial charge in [-0.15, -0.1) is 0 Å². The number of benzene rings is 2. The molecule has 0 bridgehead atoms. The Hall–Kier alpha value is -4.78. The Balaban J connectivity index is 1.44. The molecule has 2 heterocycles. The van der Waals surface area contributed by atoms with Crippen LogP contribution in [0.2, 0.25) is 0 Å². The van der Waals surface area contributed by atoms with Crippen molar-refractivity contribution in [1.29, 1.82) is 0 Å². The molecule has 2 aromatic heterocycles. The molecule has 5 rings (SSSR count). The number of nitrogens with zero attached hydrogens (tertiary/aromatic N) is 3. The second kappa shape index (κ2) is 13.1. The predicted molar refractivity (Wildman–Crippen MR) is 167 cm³/mol. The predicted octanol–water partition coefficient (Wildman–Crippen LogP) is 7.09. The van der Waals surface area contributed by atoms with Crippen molar-refractivity contribution in [3.8, 4) is 5.69 Å². The molecule has 13 heteroatoms. The molecule has 2 amide bonds. The summed E-state index contributed by atoms with van der Waals surface area (Å²) in [6.07, 6.45) is 1.32. The van der Waals surface area contributed by atoms with E-state index in [1.807, 2.05) is 6.07 Å². The Labute approximate surface area is 269 Å². The molecule has 0 radical (unpaired) electrons. The number of halogens is 4. The van der Waals surface area contributed by atoms with Crippen LogP contribution in [-0.4, -0.2) is 32.3 Å². The first-order valence-corrected chi connectivity index (χ1v) is 15.1. The lowest BCUT2D eigenvalue weighted by molar-refractivity contribution is -0.141. The summed E-state index contributed by atoms with van der Waals surface area (Å²) in [7, 11) is 0. The number of carbonyl (C=O) groups excluding carboxylic acids is 2. The van der Waals surface area contributed by atoms with Crippen LogP contribution >= 0.6 is 0 Å². The van der Waals surface area contributed by atoms with Gasteiger partial charge in [0.25, 0.3) is 5.91 Å². The van der Waals surface area contributed by atoms with Crippen LogP contribution in [0.4, 0.5) is 28.0 Å². The van der Waals surface area contributed by atoms with Crippen molar-refractivity contribution in [3.05, 3.63) is 107 Å². The number of aromatic nitrogens is 3. The minimum atomic E-state index is -4.87. The SMILES string of the molecule is CC(C)(C)NC(=O)OCc1cccc(-n2nc(C(F)(F)F)cc2C(=O)Nc2cc(C(N)(CCC3CC3)c3cccnc3)ccc2F)c1. The van der Waals surface area contributed by atoms with E-state index in [4.69, 9.17) is 10.5 Å². The van der Waals surface area contributed by atoms with Gasteiger partial charge < -0.3 is 21.1 Å². The average molecular weight is 653 g/mol. The van der Waals surface area contributed by atoms with Crippen molar-refractivity contribution in [2.75, 3.05) is 5.32 Å². The number of nitrogens with one attached hydrogen (secondary N) is 2. The highest BCUT2D eigenvalue weighted by Gasteiger charge is 2.37. The summed E-state index contributed by atoms with van der Waals surface area (Å²) in [6.45, 7) is 5.15. The van der Waals surface area contributed by atoms with Crippen LogP contribution in [0, 0.1) is 11.7 Å². The van der Waals surface area contributed by atoms with Crippen LogP contribution in [0.5, 0.6) is 0 Å². The Morgan fingerprint density at radius 2 is 1.79 bits per heavy atom. The lowest BCUT2D eigenvalue weighted by Crippen LogP contribution is -2.40. The second-order valence-electron chi connectivity index (χ2n) is 12.8. The first-order valence-electron chi connectivity index (χ1n) is 15.1. The van der Waals surface area contributed by atoms with E-state index < -0.39 is 46.5 Å². The number of alkyl halides is 3. The summed E-state index contributed by atoms with van der Waals surface area (Å²) in [5.74, 6) is -1.27. The van der Waals surface area contributed by atoms with Gasteiger partial charge in [-0.05, 0) is 86.6 Å². The van der Waals surface area contributed by atoms with Gasteiger partial charge >= 0.3 is 12.3 Å². The standard InChI is InChI=1S/C34H36F4N6O3/c1-32(2,3)42-31(46)47-20-22-6-4-8-25(16-22)44-28(18-29(43-44)34(36,37)38)30(45)41-27-17-23(11-12-26(27)35)33(39,14-13-21-9-10-21)24-7-5-15-40-19-24/h4-8,11-12,15-19,21H,9-10,13-14,20,39H2,1-3H3,(H,41,45)(H,42,46). The van der Waals surface area contributed by atoms with E-state index in [9.17, 15) is 22.8 Å². The van der Waals surface area contributed by atoms with Crippen molar-refractivity contribution in [2.24, 2.45) is 11.7 Å². The minimum absolute atomic E-state index is 0.0924. The van der Waals surface area contributed by atoms with Crippen LogP contribution in [0.3, 0.4) is 0 Å². The van der Waals surface area contributed by atoms with E-state index in [1.54, 1.807) is 45.3 Å². The van der Waals surface area contributed by atoms with E-state index in [1.165, 1.54) is 30.3 Å². The van der Waals surface area contributed by atoms with Crippen molar-refractivity contribution in [1.82, 2.24) is 20.1 Å². The molecule has 1 aliphatic carbocycles. The summed E-state index contributed by atoms with van der Waals surface area (Å²) < 4.78 is 62.6. The third-order valence-electron chi connectivity index (χ3n) is 7.78.